The Morgan fingerprint density at radius 1 is 1.22 bits per heavy atom. The Kier molecular flexibility index (Phi) is 5.32. The Morgan fingerprint density at radius 3 is 2.69 bits per heavy atom. The van der Waals surface area contributed by atoms with Gasteiger partial charge in [-0.2, -0.15) is 13.2 Å². The molecule has 10 heteroatoms. The highest BCUT2D eigenvalue weighted by molar-refractivity contribution is 7.99. The maximum Gasteiger partial charge on any atom is 0.416 e. The first-order valence-electron chi connectivity index (χ1n) is 10.6. The fraction of sp³-hybridized carbons (Fsp3) is 0.500. The predicted octanol–water partition coefficient (Wildman–Crippen LogP) is 4.77. The second-order valence-corrected chi connectivity index (χ2v) is 9.81. The van der Waals surface area contributed by atoms with Crippen LogP contribution in [0.4, 0.5) is 13.2 Å². The minimum absolute atomic E-state index is 0.228. The molecule has 0 radical (unpaired) electrons. The molecule has 2 aromatic heterocycles. The van der Waals surface area contributed by atoms with Crippen LogP contribution in [0.3, 0.4) is 0 Å². The summed E-state index contributed by atoms with van der Waals surface area (Å²) < 4.78 is 45.8. The lowest BCUT2D eigenvalue weighted by molar-refractivity contribution is -0.137. The van der Waals surface area contributed by atoms with Crippen molar-refractivity contribution in [2.45, 2.75) is 37.0 Å². The van der Waals surface area contributed by atoms with Crippen molar-refractivity contribution in [1.29, 1.82) is 0 Å². The van der Waals surface area contributed by atoms with Gasteiger partial charge in [0.25, 0.3) is 0 Å². The van der Waals surface area contributed by atoms with E-state index in [2.05, 4.69) is 20.1 Å². The van der Waals surface area contributed by atoms with Gasteiger partial charge >= 0.3 is 6.18 Å². The molecule has 1 aliphatic carbocycles. The van der Waals surface area contributed by atoms with E-state index in [9.17, 15) is 13.2 Å². The largest absolute Gasteiger partial charge is 0.440 e. The summed E-state index contributed by atoms with van der Waals surface area (Å²) >= 11 is 1.66. The van der Waals surface area contributed by atoms with E-state index in [4.69, 9.17) is 4.42 Å². The van der Waals surface area contributed by atoms with Crippen LogP contribution < -0.4 is 0 Å². The fourth-order valence-electron chi connectivity index (χ4n) is 4.77. The van der Waals surface area contributed by atoms with Gasteiger partial charge in [-0.25, -0.2) is 4.98 Å². The third-order valence-corrected chi connectivity index (χ3v) is 7.72. The van der Waals surface area contributed by atoms with Gasteiger partial charge in [-0.1, -0.05) is 23.9 Å². The number of benzene rings is 1. The van der Waals surface area contributed by atoms with Crippen LogP contribution in [0.1, 0.15) is 35.6 Å². The van der Waals surface area contributed by atoms with Crippen LogP contribution >= 0.6 is 11.8 Å². The third kappa shape index (κ3) is 3.94. The molecule has 1 spiro atoms. The number of rotatable bonds is 6. The van der Waals surface area contributed by atoms with Crippen LogP contribution in [-0.2, 0) is 13.2 Å². The highest BCUT2D eigenvalue weighted by Gasteiger charge is 2.57. The lowest BCUT2D eigenvalue weighted by atomic mass is 9.97. The minimum Gasteiger partial charge on any atom is -0.440 e. The van der Waals surface area contributed by atoms with E-state index in [1.807, 2.05) is 18.5 Å². The topological polar surface area (TPSA) is 60.0 Å². The predicted molar refractivity (Wildman–Crippen MR) is 114 cm³/mol. The van der Waals surface area contributed by atoms with E-state index >= 15 is 0 Å². The van der Waals surface area contributed by atoms with E-state index < -0.39 is 11.7 Å². The number of halogens is 3. The molecule has 0 amide bonds. The van der Waals surface area contributed by atoms with E-state index in [-0.39, 0.29) is 5.41 Å². The van der Waals surface area contributed by atoms with Crippen molar-refractivity contribution < 1.29 is 17.6 Å². The van der Waals surface area contributed by atoms with Crippen molar-refractivity contribution >= 4 is 11.8 Å². The zero-order valence-electron chi connectivity index (χ0n) is 17.9. The molecule has 1 aliphatic heterocycles. The summed E-state index contributed by atoms with van der Waals surface area (Å²) in [5.74, 6) is 2.56. The summed E-state index contributed by atoms with van der Waals surface area (Å²) in [6.45, 7) is 4.84. The van der Waals surface area contributed by atoms with Gasteiger partial charge in [0.2, 0.25) is 5.82 Å². The zero-order valence-corrected chi connectivity index (χ0v) is 18.7. The number of aromatic nitrogens is 4. The summed E-state index contributed by atoms with van der Waals surface area (Å²) in [7, 11) is 1.92. The molecule has 1 saturated heterocycles. The highest BCUT2D eigenvalue weighted by Crippen LogP contribution is 2.64. The Hall–Kier alpha value is -2.33. The average molecular weight is 464 g/mol. The number of oxazole rings is 1. The highest BCUT2D eigenvalue weighted by atomic mass is 32.2. The summed E-state index contributed by atoms with van der Waals surface area (Å²) in [6, 6.07) is 5.73. The molecule has 1 saturated carbocycles. The minimum atomic E-state index is -4.28. The molecule has 1 aromatic carbocycles. The van der Waals surface area contributed by atoms with E-state index in [1.165, 1.54) is 18.5 Å². The van der Waals surface area contributed by atoms with Crippen molar-refractivity contribution in [3.8, 4) is 11.6 Å². The molecule has 3 heterocycles. The van der Waals surface area contributed by atoms with Crippen LogP contribution in [0.2, 0.25) is 0 Å². The van der Waals surface area contributed by atoms with Gasteiger partial charge < -0.3 is 13.9 Å². The first kappa shape index (κ1) is 21.5. The van der Waals surface area contributed by atoms with Gasteiger partial charge in [0.05, 0.1) is 11.3 Å². The van der Waals surface area contributed by atoms with E-state index in [1.54, 1.807) is 23.9 Å². The van der Waals surface area contributed by atoms with Crippen molar-refractivity contribution in [2.75, 3.05) is 25.4 Å². The quantitative estimate of drug-likeness (QED) is 0.491. The summed E-state index contributed by atoms with van der Waals surface area (Å²) in [5, 5.41) is 9.36. The van der Waals surface area contributed by atoms with Gasteiger partial charge in [0.15, 0.2) is 17.3 Å². The van der Waals surface area contributed by atoms with Crippen LogP contribution in [0.5, 0.6) is 0 Å². The normalized spacial score (nSPS) is 23.3. The van der Waals surface area contributed by atoms with Crippen LogP contribution in [-0.4, -0.2) is 50.0 Å². The number of alkyl halides is 3. The molecule has 32 heavy (non-hydrogen) atoms. The Morgan fingerprint density at radius 2 is 2.00 bits per heavy atom. The molecule has 6 nitrogen and oxygen atoms in total. The van der Waals surface area contributed by atoms with Gasteiger partial charge in [-0.05, 0) is 55.3 Å². The Balaban J connectivity index is 1.14. The first-order valence-corrected chi connectivity index (χ1v) is 11.6. The smallest absolute Gasteiger partial charge is 0.416 e. The zero-order chi connectivity index (χ0) is 22.5. The second-order valence-electron chi connectivity index (χ2n) is 8.75. The van der Waals surface area contributed by atoms with Gasteiger partial charge in [0.1, 0.15) is 0 Å². The molecule has 2 atom stereocenters. The molecule has 2 aliphatic rings. The molecule has 0 N–H and O–H groups in total. The molecular weight excluding hydrogens is 439 g/mol. The molecule has 5 rings (SSSR count). The Bertz CT molecular complexity index is 1110. The number of hydrogen-bond acceptors (Lipinski definition) is 6. The van der Waals surface area contributed by atoms with Crippen molar-refractivity contribution in [1.82, 2.24) is 24.6 Å². The third-order valence-electron chi connectivity index (χ3n) is 6.72. The van der Waals surface area contributed by atoms with E-state index in [0.29, 0.717) is 17.5 Å². The van der Waals surface area contributed by atoms with Gasteiger partial charge in [-0.3, -0.25) is 0 Å². The SMILES string of the molecule is Cc1ncoc1-c1nnc(SCCN2CC[C@@]3(CC3c3ccc(C(F)(F)F)cc3)C2)n1C. The summed E-state index contributed by atoms with van der Waals surface area (Å²) in [4.78, 5) is 6.56. The maximum atomic E-state index is 12.8. The first-order chi connectivity index (χ1) is 15.3. The lowest BCUT2D eigenvalue weighted by Gasteiger charge is -2.16. The lowest BCUT2D eigenvalue weighted by Crippen LogP contribution is -2.24. The number of thioether (sulfide) groups is 1. The molecule has 3 aromatic rings. The molecular formula is C22H24F3N5OS. The van der Waals surface area contributed by atoms with Crippen LogP contribution in [0.15, 0.2) is 40.2 Å². The fourth-order valence-corrected chi connectivity index (χ4v) is 5.68. The standard InChI is InChI=1S/C22H24F3N5OS/c1-14-18(31-13-26-14)19-27-28-20(29(19)2)32-10-9-30-8-7-21(12-30)11-17(21)15-3-5-16(6-4-15)22(23,24)25/h3-6,13,17H,7-12H2,1-2H3/t17?,21-/m1/s1. The maximum absolute atomic E-state index is 12.8. The number of nitrogens with zero attached hydrogens (tertiary/aromatic N) is 5. The molecule has 170 valence electrons. The Labute approximate surface area is 188 Å². The number of aryl methyl sites for hydroxylation is 1. The number of hydrogen-bond donors (Lipinski definition) is 0. The van der Waals surface area contributed by atoms with Crippen LogP contribution in [0.25, 0.3) is 11.6 Å². The van der Waals surface area contributed by atoms with Crippen LogP contribution in [0, 0.1) is 12.3 Å². The van der Waals surface area contributed by atoms with Crippen molar-refractivity contribution in [3.05, 3.63) is 47.5 Å². The van der Waals surface area contributed by atoms with Gasteiger partial charge in [-0.15, -0.1) is 10.2 Å². The van der Waals surface area contributed by atoms with Crippen molar-refractivity contribution in [3.63, 3.8) is 0 Å². The summed E-state index contributed by atoms with van der Waals surface area (Å²) in [5.41, 5.74) is 1.47. The van der Waals surface area contributed by atoms with Crippen molar-refractivity contribution in [2.24, 2.45) is 12.5 Å². The molecule has 1 unspecified atom stereocenters. The van der Waals surface area contributed by atoms with Gasteiger partial charge in [0, 0.05) is 25.9 Å². The molecule has 0 bridgehead atoms. The van der Waals surface area contributed by atoms with E-state index in [0.717, 1.165) is 54.6 Å². The monoisotopic (exact) mass is 463 g/mol. The summed E-state index contributed by atoms with van der Waals surface area (Å²) in [6.07, 6.45) is -0.711. The average Bonchev–Trinajstić information content (AvgIpc) is 3.02. The number of likely N-dealkylation sites (tertiary alicyclic amines) is 1. The second kappa shape index (κ2) is 7.91. The molecule has 2 fully saturated rings.